The Bertz CT molecular complexity index is 1220. The molecular formula is C21H23F3N2O5S2. The molecule has 0 bridgehead atoms. The minimum atomic E-state index is -4.56. The van der Waals surface area contributed by atoms with Crippen molar-refractivity contribution < 1.29 is 34.7 Å². The summed E-state index contributed by atoms with van der Waals surface area (Å²) in [5, 5.41) is 0. The van der Waals surface area contributed by atoms with Gasteiger partial charge in [0.1, 0.15) is 5.72 Å². The van der Waals surface area contributed by atoms with E-state index in [-0.39, 0.29) is 48.9 Å². The first-order valence-electron chi connectivity index (χ1n) is 10.3. The zero-order valence-corrected chi connectivity index (χ0v) is 19.4. The Hall–Kier alpha value is -1.99. The SMILES string of the molecule is Cc1ccc(S(=O)(=O)N2CCOC23CCN(S(=O)(=O)c2ccc(C(F)(F)F)cc2)CC3)cc1. The van der Waals surface area contributed by atoms with Crippen molar-refractivity contribution in [1.29, 1.82) is 0 Å². The van der Waals surface area contributed by atoms with Crippen LogP contribution in [0.1, 0.15) is 24.0 Å². The molecule has 0 N–H and O–H groups in total. The van der Waals surface area contributed by atoms with Gasteiger partial charge in [-0.3, -0.25) is 0 Å². The molecule has 4 rings (SSSR count). The minimum absolute atomic E-state index is 0.0245. The number of sulfonamides is 2. The zero-order valence-electron chi connectivity index (χ0n) is 17.7. The Morgan fingerprint density at radius 3 is 1.88 bits per heavy atom. The van der Waals surface area contributed by atoms with Gasteiger partial charge in [0.05, 0.1) is 22.0 Å². The van der Waals surface area contributed by atoms with Crippen LogP contribution in [0.25, 0.3) is 0 Å². The molecule has 0 aromatic heterocycles. The Labute approximate surface area is 190 Å². The highest BCUT2D eigenvalue weighted by atomic mass is 32.2. The molecule has 0 aliphatic carbocycles. The van der Waals surface area contributed by atoms with Crippen LogP contribution in [0.3, 0.4) is 0 Å². The molecule has 33 heavy (non-hydrogen) atoms. The summed E-state index contributed by atoms with van der Waals surface area (Å²) in [5.74, 6) is 0. The van der Waals surface area contributed by atoms with Gasteiger partial charge in [-0.05, 0) is 43.3 Å². The van der Waals surface area contributed by atoms with Gasteiger partial charge in [-0.25, -0.2) is 16.8 Å². The Kier molecular flexibility index (Phi) is 6.11. The summed E-state index contributed by atoms with van der Waals surface area (Å²) >= 11 is 0. The number of piperidine rings is 1. The monoisotopic (exact) mass is 504 g/mol. The summed E-state index contributed by atoms with van der Waals surface area (Å²) in [7, 11) is -7.89. The normalized spacial score (nSPS) is 20.4. The highest BCUT2D eigenvalue weighted by molar-refractivity contribution is 7.89. The maximum absolute atomic E-state index is 13.3. The first-order valence-corrected chi connectivity index (χ1v) is 13.2. The van der Waals surface area contributed by atoms with Gasteiger partial charge in [0.25, 0.3) is 0 Å². The Balaban J connectivity index is 1.53. The Morgan fingerprint density at radius 1 is 0.818 bits per heavy atom. The molecule has 1 spiro atoms. The summed E-state index contributed by atoms with van der Waals surface area (Å²) in [6.07, 6.45) is -4.35. The van der Waals surface area contributed by atoms with E-state index in [0.29, 0.717) is 0 Å². The molecule has 0 saturated carbocycles. The number of hydrogen-bond donors (Lipinski definition) is 0. The number of hydrogen-bond acceptors (Lipinski definition) is 5. The maximum Gasteiger partial charge on any atom is 0.416 e. The predicted octanol–water partition coefficient (Wildman–Crippen LogP) is 3.22. The van der Waals surface area contributed by atoms with Crippen molar-refractivity contribution >= 4 is 20.0 Å². The summed E-state index contributed by atoms with van der Waals surface area (Å²) < 4.78 is 99.1. The van der Waals surface area contributed by atoms with Gasteiger partial charge in [-0.1, -0.05) is 17.7 Å². The highest BCUT2D eigenvalue weighted by Crippen LogP contribution is 2.39. The van der Waals surface area contributed by atoms with Crippen molar-refractivity contribution in [2.24, 2.45) is 0 Å². The maximum atomic E-state index is 13.3. The first-order chi connectivity index (χ1) is 15.4. The van der Waals surface area contributed by atoms with E-state index in [1.807, 2.05) is 6.92 Å². The van der Waals surface area contributed by atoms with Crippen LogP contribution < -0.4 is 0 Å². The van der Waals surface area contributed by atoms with Gasteiger partial charge >= 0.3 is 6.18 Å². The van der Waals surface area contributed by atoms with Crippen molar-refractivity contribution in [3.63, 3.8) is 0 Å². The predicted molar refractivity (Wildman–Crippen MR) is 113 cm³/mol. The molecule has 0 radical (unpaired) electrons. The van der Waals surface area contributed by atoms with E-state index in [2.05, 4.69) is 0 Å². The third kappa shape index (κ3) is 4.42. The summed E-state index contributed by atoms with van der Waals surface area (Å²) in [6.45, 7) is 2.15. The average Bonchev–Trinajstić information content (AvgIpc) is 3.17. The fraction of sp³-hybridized carbons (Fsp3) is 0.429. The van der Waals surface area contributed by atoms with Crippen LogP contribution in [-0.4, -0.2) is 57.4 Å². The second kappa shape index (κ2) is 8.35. The number of benzene rings is 2. The number of rotatable bonds is 4. The molecule has 180 valence electrons. The van der Waals surface area contributed by atoms with Crippen LogP contribution in [0.5, 0.6) is 0 Å². The molecule has 7 nitrogen and oxygen atoms in total. The van der Waals surface area contributed by atoms with Crippen LogP contribution >= 0.6 is 0 Å². The third-order valence-electron chi connectivity index (χ3n) is 6.05. The average molecular weight is 505 g/mol. The van der Waals surface area contributed by atoms with Crippen molar-refractivity contribution in [2.75, 3.05) is 26.2 Å². The van der Waals surface area contributed by atoms with Gasteiger partial charge in [0.2, 0.25) is 20.0 Å². The van der Waals surface area contributed by atoms with Crippen molar-refractivity contribution in [3.8, 4) is 0 Å². The van der Waals surface area contributed by atoms with Crippen LogP contribution in [0.2, 0.25) is 0 Å². The lowest BCUT2D eigenvalue weighted by Crippen LogP contribution is -2.55. The second-order valence-electron chi connectivity index (χ2n) is 8.11. The van der Waals surface area contributed by atoms with Crippen LogP contribution in [0, 0.1) is 6.92 Å². The van der Waals surface area contributed by atoms with E-state index in [9.17, 15) is 30.0 Å². The fourth-order valence-corrected chi connectivity index (χ4v) is 7.37. The number of alkyl halides is 3. The molecule has 12 heteroatoms. The molecule has 2 aromatic rings. The molecular weight excluding hydrogens is 481 g/mol. The lowest BCUT2D eigenvalue weighted by molar-refractivity contribution is -0.137. The minimum Gasteiger partial charge on any atom is -0.358 e. The molecule has 2 aliphatic rings. The molecule has 0 amide bonds. The van der Waals surface area contributed by atoms with Gasteiger partial charge in [-0.2, -0.15) is 21.8 Å². The molecule has 0 atom stereocenters. The van der Waals surface area contributed by atoms with Gasteiger partial charge in [0, 0.05) is 32.5 Å². The molecule has 2 fully saturated rings. The molecule has 2 heterocycles. The highest BCUT2D eigenvalue weighted by Gasteiger charge is 2.51. The van der Waals surface area contributed by atoms with Gasteiger partial charge in [0.15, 0.2) is 0 Å². The quantitative estimate of drug-likeness (QED) is 0.639. The third-order valence-corrected chi connectivity index (χ3v) is 9.93. The van der Waals surface area contributed by atoms with Crippen LogP contribution in [0.15, 0.2) is 58.3 Å². The van der Waals surface area contributed by atoms with Crippen LogP contribution in [-0.2, 0) is 31.0 Å². The largest absolute Gasteiger partial charge is 0.416 e. The van der Waals surface area contributed by atoms with E-state index in [1.54, 1.807) is 12.1 Å². The molecule has 2 aliphatic heterocycles. The number of halogens is 3. The van der Waals surface area contributed by atoms with E-state index >= 15 is 0 Å². The summed E-state index contributed by atoms with van der Waals surface area (Å²) in [5.41, 5.74) is -1.17. The molecule has 0 unspecified atom stereocenters. The van der Waals surface area contributed by atoms with E-state index in [0.717, 1.165) is 34.1 Å². The lowest BCUT2D eigenvalue weighted by Gasteiger charge is -2.42. The number of ether oxygens (including phenoxy) is 1. The van der Waals surface area contributed by atoms with Crippen LogP contribution in [0.4, 0.5) is 13.2 Å². The summed E-state index contributed by atoms with van der Waals surface area (Å²) in [4.78, 5) is -0.110. The summed E-state index contributed by atoms with van der Waals surface area (Å²) in [6, 6.07) is 9.79. The molecule has 2 saturated heterocycles. The topological polar surface area (TPSA) is 84.0 Å². The molecule has 2 aromatic carbocycles. The first kappa shape index (κ1) is 24.1. The standard InChI is InChI=1S/C21H23F3N2O5S2/c1-16-2-6-19(7-3-16)33(29,30)26-14-15-31-20(26)10-12-25(13-11-20)32(27,28)18-8-4-17(5-9-18)21(22,23)24/h2-9H,10-15H2,1H3. The van der Waals surface area contributed by atoms with Crippen molar-refractivity contribution in [1.82, 2.24) is 8.61 Å². The van der Waals surface area contributed by atoms with E-state index in [1.165, 1.54) is 16.4 Å². The van der Waals surface area contributed by atoms with Gasteiger partial charge < -0.3 is 4.74 Å². The Morgan fingerprint density at radius 2 is 1.33 bits per heavy atom. The van der Waals surface area contributed by atoms with Crippen molar-refractivity contribution in [2.45, 2.75) is 41.5 Å². The fourth-order valence-electron chi connectivity index (χ4n) is 4.21. The number of aryl methyl sites for hydroxylation is 1. The smallest absolute Gasteiger partial charge is 0.358 e. The van der Waals surface area contributed by atoms with E-state index in [4.69, 9.17) is 4.74 Å². The van der Waals surface area contributed by atoms with Gasteiger partial charge in [-0.15, -0.1) is 0 Å². The van der Waals surface area contributed by atoms with E-state index < -0.39 is 37.5 Å². The van der Waals surface area contributed by atoms with Crippen molar-refractivity contribution in [3.05, 3.63) is 59.7 Å². The lowest BCUT2D eigenvalue weighted by atomic mass is 10.0. The second-order valence-corrected chi connectivity index (χ2v) is 11.9. The zero-order chi connectivity index (χ0) is 24.1. The number of nitrogens with zero attached hydrogens (tertiary/aromatic N) is 2.